The molecule has 2 aromatic rings. The molecule has 0 radical (unpaired) electrons. The summed E-state index contributed by atoms with van der Waals surface area (Å²) in [6, 6.07) is 7.66. The maximum atomic E-state index is 12.2. The Hall–Kier alpha value is -2.01. The number of carbonyl (C=O) groups is 1. The van der Waals surface area contributed by atoms with Gasteiger partial charge >= 0.3 is 0 Å². The van der Waals surface area contributed by atoms with Crippen molar-refractivity contribution in [3.05, 3.63) is 47.3 Å². The van der Waals surface area contributed by atoms with Crippen molar-refractivity contribution < 1.29 is 4.79 Å². The van der Waals surface area contributed by atoms with Crippen LogP contribution in [0.4, 0.5) is 0 Å². The van der Waals surface area contributed by atoms with Crippen molar-refractivity contribution in [1.82, 2.24) is 15.0 Å². The molecule has 100 valence electrons. The first-order valence-electron chi connectivity index (χ1n) is 6.48. The molecular weight excluding hydrogens is 240 g/mol. The van der Waals surface area contributed by atoms with E-state index >= 15 is 0 Å². The molecule has 1 heterocycles. The Morgan fingerprint density at radius 1 is 1.32 bits per heavy atom. The van der Waals surface area contributed by atoms with Crippen LogP contribution in [-0.2, 0) is 13.0 Å². The minimum absolute atomic E-state index is 0.105. The molecule has 19 heavy (non-hydrogen) atoms. The Labute approximate surface area is 112 Å². The fourth-order valence-corrected chi connectivity index (χ4v) is 1.90. The van der Waals surface area contributed by atoms with Crippen molar-refractivity contribution in [3.63, 3.8) is 0 Å². The van der Waals surface area contributed by atoms with E-state index in [0.717, 1.165) is 12.8 Å². The van der Waals surface area contributed by atoms with Crippen molar-refractivity contribution in [2.45, 2.75) is 26.3 Å². The summed E-state index contributed by atoms with van der Waals surface area (Å²) in [7, 11) is 0. The first-order chi connectivity index (χ1) is 9.24. The van der Waals surface area contributed by atoms with Crippen molar-refractivity contribution in [3.8, 4) is 0 Å². The minimum Gasteiger partial charge on any atom is -0.329 e. The molecule has 0 saturated carbocycles. The van der Waals surface area contributed by atoms with Crippen molar-refractivity contribution >= 4 is 5.78 Å². The summed E-state index contributed by atoms with van der Waals surface area (Å²) in [6.07, 6.45) is 3.76. The van der Waals surface area contributed by atoms with Crippen molar-refractivity contribution in [2.75, 3.05) is 6.54 Å². The maximum absolute atomic E-state index is 12.2. The van der Waals surface area contributed by atoms with E-state index < -0.39 is 0 Å². The van der Waals surface area contributed by atoms with Crippen LogP contribution in [0.15, 0.2) is 30.5 Å². The lowest BCUT2D eigenvalue weighted by atomic mass is 10.0. The van der Waals surface area contributed by atoms with Gasteiger partial charge in [-0.05, 0) is 12.0 Å². The van der Waals surface area contributed by atoms with Gasteiger partial charge in [0.1, 0.15) is 0 Å². The quantitative estimate of drug-likeness (QED) is 0.795. The van der Waals surface area contributed by atoms with Crippen LogP contribution in [0.1, 0.15) is 35.0 Å². The number of aromatic nitrogens is 3. The van der Waals surface area contributed by atoms with Crippen LogP contribution in [0.25, 0.3) is 0 Å². The molecule has 0 amide bonds. The van der Waals surface area contributed by atoms with E-state index in [9.17, 15) is 4.79 Å². The third kappa shape index (κ3) is 3.26. The predicted octanol–water partition coefficient (Wildman–Crippen LogP) is 1.42. The standard InChI is InChI=1S/C14H18N4O/c1-2-3-11-4-6-12(7-5-11)14(19)13-10-18(9-8-15)17-16-13/h4-7,10H,2-3,8-9,15H2,1H3. The number of ketones is 1. The number of carbonyl (C=O) groups excluding carboxylic acids is 1. The predicted molar refractivity (Wildman–Crippen MR) is 72.9 cm³/mol. The summed E-state index contributed by atoms with van der Waals surface area (Å²) in [5, 5.41) is 7.74. The smallest absolute Gasteiger partial charge is 0.214 e. The Balaban J connectivity index is 2.13. The summed E-state index contributed by atoms with van der Waals surface area (Å²) in [4.78, 5) is 12.2. The highest BCUT2D eigenvalue weighted by Gasteiger charge is 2.13. The molecule has 2 N–H and O–H groups in total. The fourth-order valence-electron chi connectivity index (χ4n) is 1.90. The van der Waals surface area contributed by atoms with Gasteiger partial charge in [0.2, 0.25) is 5.78 Å². The number of benzene rings is 1. The molecule has 0 fully saturated rings. The zero-order valence-electron chi connectivity index (χ0n) is 11.0. The van der Waals surface area contributed by atoms with E-state index in [-0.39, 0.29) is 5.78 Å². The summed E-state index contributed by atoms with van der Waals surface area (Å²) < 4.78 is 1.58. The zero-order valence-corrected chi connectivity index (χ0v) is 11.0. The topological polar surface area (TPSA) is 73.8 Å². The highest BCUT2D eigenvalue weighted by atomic mass is 16.1. The lowest BCUT2D eigenvalue weighted by Gasteiger charge is -2.00. The second-order valence-corrected chi connectivity index (χ2v) is 4.43. The van der Waals surface area contributed by atoms with Gasteiger partial charge in [0.25, 0.3) is 0 Å². The summed E-state index contributed by atoms with van der Waals surface area (Å²) >= 11 is 0. The molecule has 0 aliphatic carbocycles. The molecule has 5 nitrogen and oxygen atoms in total. The molecule has 0 aliphatic heterocycles. The third-order valence-electron chi connectivity index (χ3n) is 2.88. The normalized spacial score (nSPS) is 10.6. The summed E-state index contributed by atoms with van der Waals surface area (Å²) in [5.41, 5.74) is 7.67. The molecule has 0 aliphatic rings. The van der Waals surface area contributed by atoms with E-state index in [1.807, 2.05) is 24.3 Å². The van der Waals surface area contributed by atoms with Gasteiger partial charge in [-0.2, -0.15) is 0 Å². The lowest BCUT2D eigenvalue weighted by Crippen LogP contribution is -2.10. The van der Waals surface area contributed by atoms with Gasteiger partial charge in [0.15, 0.2) is 5.69 Å². The zero-order chi connectivity index (χ0) is 13.7. The molecule has 0 atom stereocenters. The Morgan fingerprint density at radius 3 is 2.68 bits per heavy atom. The van der Waals surface area contributed by atoms with Crippen LogP contribution in [0.5, 0.6) is 0 Å². The van der Waals surface area contributed by atoms with E-state index in [1.54, 1.807) is 10.9 Å². The monoisotopic (exact) mass is 258 g/mol. The maximum Gasteiger partial charge on any atom is 0.214 e. The largest absolute Gasteiger partial charge is 0.329 e. The van der Waals surface area contributed by atoms with E-state index in [1.165, 1.54) is 5.56 Å². The minimum atomic E-state index is -0.105. The highest BCUT2D eigenvalue weighted by molar-refractivity contribution is 6.07. The second-order valence-electron chi connectivity index (χ2n) is 4.43. The molecule has 5 heteroatoms. The van der Waals surface area contributed by atoms with E-state index in [2.05, 4.69) is 17.2 Å². The Morgan fingerprint density at radius 2 is 2.05 bits per heavy atom. The molecule has 0 saturated heterocycles. The van der Waals surface area contributed by atoms with Gasteiger partial charge in [-0.3, -0.25) is 9.48 Å². The van der Waals surface area contributed by atoms with E-state index in [4.69, 9.17) is 5.73 Å². The highest BCUT2D eigenvalue weighted by Crippen LogP contribution is 2.10. The van der Waals surface area contributed by atoms with Crippen LogP contribution in [0.3, 0.4) is 0 Å². The summed E-state index contributed by atoms with van der Waals surface area (Å²) in [6.45, 7) is 3.17. The number of hydrogen-bond donors (Lipinski definition) is 1. The number of hydrogen-bond acceptors (Lipinski definition) is 4. The number of nitrogens with two attached hydrogens (primary N) is 1. The van der Waals surface area contributed by atoms with Gasteiger partial charge in [-0.1, -0.05) is 42.8 Å². The van der Waals surface area contributed by atoms with Gasteiger partial charge in [-0.25, -0.2) is 0 Å². The molecular formula is C14H18N4O. The van der Waals surface area contributed by atoms with Crippen molar-refractivity contribution in [2.24, 2.45) is 5.73 Å². The van der Waals surface area contributed by atoms with Crippen LogP contribution >= 0.6 is 0 Å². The number of aryl methyl sites for hydroxylation is 1. The molecule has 1 aromatic carbocycles. The molecule has 0 unspecified atom stereocenters. The van der Waals surface area contributed by atoms with Crippen LogP contribution < -0.4 is 5.73 Å². The average molecular weight is 258 g/mol. The molecule has 1 aromatic heterocycles. The lowest BCUT2D eigenvalue weighted by molar-refractivity contribution is 0.103. The fraction of sp³-hybridized carbons (Fsp3) is 0.357. The summed E-state index contributed by atoms with van der Waals surface area (Å²) in [5.74, 6) is -0.105. The van der Waals surface area contributed by atoms with Crippen LogP contribution in [-0.4, -0.2) is 27.3 Å². The first kappa shape index (κ1) is 13.4. The average Bonchev–Trinajstić information content (AvgIpc) is 2.88. The number of rotatable bonds is 6. The van der Waals surface area contributed by atoms with Crippen LogP contribution in [0.2, 0.25) is 0 Å². The van der Waals surface area contributed by atoms with Gasteiger partial charge in [0.05, 0.1) is 12.7 Å². The van der Waals surface area contributed by atoms with Crippen molar-refractivity contribution in [1.29, 1.82) is 0 Å². The van der Waals surface area contributed by atoms with Gasteiger partial charge < -0.3 is 5.73 Å². The Kier molecular flexibility index (Phi) is 4.41. The second kappa shape index (κ2) is 6.24. The SMILES string of the molecule is CCCc1ccc(C(=O)c2cn(CCN)nn2)cc1. The number of nitrogens with zero attached hydrogens (tertiary/aromatic N) is 3. The molecule has 0 spiro atoms. The molecule has 2 rings (SSSR count). The molecule has 0 bridgehead atoms. The van der Waals surface area contributed by atoms with Crippen LogP contribution in [0, 0.1) is 0 Å². The van der Waals surface area contributed by atoms with E-state index in [0.29, 0.717) is 24.3 Å². The van der Waals surface area contributed by atoms with Gasteiger partial charge in [0, 0.05) is 12.1 Å². The Bertz CT molecular complexity index is 545. The van der Waals surface area contributed by atoms with Gasteiger partial charge in [-0.15, -0.1) is 5.10 Å². The third-order valence-corrected chi connectivity index (χ3v) is 2.88. The first-order valence-corrected chi connectivity index (χ1v) is 6.48.